The van der Waals surface area contributed by atoms with Gasteiger partial charge in [0.1, 0.15) is 0 Å². The van der Waals surface area contributed by atoms with Crippen LogP contribution >= 0.6 is 0 Å². The third kappa shape index (κ3) is 4.99. The number of hydrogen-bond acceptors (Lipinski definition) is 0. The van der Waals surface area contributed by atoms with Crippen molar-refractivity contribution in [3.63, 3.8) is 0 Å². The van der Waals surface area contributed by atoms with Gasteiger partial charge >= 0.3 is 177 Å². The summed E-state index contributed by atoms with van der Waals surface area (Å²) < 4.78 is 4.27. The van der Waals surface area contributed by atoms with Gasteiger partial charge in [0, 0.05) is 0 Å². The Kier molecular flexibility index (Phi) is 9.28. The number of hydrogen-bond donors (Lipinski definition) is 0. The van der Waals surface area contributed by atoms with Gasteiger partial charge in [0.05, 0.1) is 0 Å². The van der Waals surface area contributed by atoms with Crippen molar-refractivity contribution < 1.29 is 69.2 Å². The van der Waals surface area contributed by atoms with Gasteiger partial charge in [-0.2, -0.15) is 0 Å². The molecule has 2 aromatic rings. The summed E-state index contributed by atoms with van der Waals surface area (Å²) in [6.45, 7) is 0. The summed E-state index contributed by atoms with van der Waals surface area (Å²) in [7, 11) is 0. The molecule has 30 heavy (non-hydrogen) atoms. The molecule has 0 saturated heterocycles. The normalized spacial score (nSPS) is 20.8. The zero-order valence-corrected chi connectivity index (χ0v) is 23.7. The average molecular weight is 696 g/mol. The zero-order valence-electron chi connectivity index (χ0n) is 17.0. The molecule has 0 spiro atoms. The van der Waals surface area contributed by atoms with Crippen LogP contribution in [0, 0.1) is 5.92 Å². The van der Waals surface area contributed by atoms with Crippen molar-refractivity contribution in [1.29, 1.82) is 0 Å². The Morgan fingerprint density at radius 2 is 1.37 bits per heavy atom. The molecule has 0 aromatic heterocycles. The fraction of sp³-hybridized carbons (Fsp3) is 0.222. The first kappa shape index (κ1) is 24.3. The van der Waals surface area contributed by atoms with Crippen LogP contribution in [0.4, 0.5) is 0 Å². The van der Waals surface area contributed by atoms with E-state index in [2.05, 4.69) is 97.1 Å². The molecule has 0 heterocycles. The van der Waals surface area contributed by atoms with Crippen LogP contribution in [-0.4, -0.2) is 3.21 Å². The summed E-state index contributed by atoms with van der Waals surface area (Å²) in [4.78, 5) is 0. The fourth-order valence-electron chi connectivity index (χ4n) is 5.12. The molecule has 2 aromatic carbocycles. The first-order chi connectivity index (χ1) is 13.9. The molecule has 3 aliphatic carbocycles. The molecule has 0 aliphatic heterocycles. The summed E-state index contributed by atoms with van der Waals surface area (Å²) in [5.41, 5.74) is 4.67. The Morgan fingerprint density at radius 3 is 1.97 bits per heavy atom. The molecule has 152 valence electrons. The molecule has 0 radical (unpaired) electrons. The molecule has 1 saturated carbocycles. The van der Waals surface area contributed by atoms with E-state index in [1.165, 1.54) is 36.8 Å². The van der Waals surface area contributed by atoms with Crippen molar-refractivity contribution >= 4 is 3.21 Å². The molecule has 2 unspecified atom stereocenters. The number of fused-ring (bicyclic) bond motifs is 1. The Balaban J connectivity index is 0.00000128. The van der Waals surface area contributed by atoms with Crippen molar-refractivity contribution in [1.82, 2.24) is 0 Å². The van der Waals surface area contributed by atoms with Crippen molar-refractivity contribution in [2.45, 2.75) is 29.3 Å². The SMILES string of the molecule is C1=CC[C]([Zr+2](=[C](c2ccccc2)c2ccccc2)[CH]2CCC3CC=CC=C32)=C1.[I-].[I-]. The maximum atomic E-state index is 2.48. The Morgan fingerprint density at radius 1 is 0.733 bits per heavy atom. The smallest absolute Gasteiger partial charge is 1.00 e. The van der Waals surface area contributed by atoms with E-state index < -0.39 is 21.3 Å². The van der Waals surface area contributed by atoms with Crippen LogP contribution in [0.15, 0.2) is 106 Å². The van der Waals surface area contributed by atoms with Crippen molar-refractivity contribution in [2.24, 2.45) is 5.92 Å². The van der Waals surface area contributed by atoms with Crippen LogP contribution in [0.3, 0.4) is 0 Å². The van der Waals surface area contributed by atoms with Crippen LogP contribution in [-0.2, 0) is 21.3 Å². The van der Waals surface area contributed by atoms with E-state index >= 15 is 0 Å². The predicted octanol–water partition coefficient (Wildman–Crippen LogP) is 0.810. The van der Waals surface area contributed by atoms with Crippen LogP contribution in [0.5, 0.6) is 0 Å². The van der Waals surface area contributed by atoms with E-state index in [-0.39, 0.29) is 48.0 Å². The Labute approximate surface area is 222 Å². The van der Waals surface area contributed by atoms with E-state index in [1.54, 1.807) is 12.1 Å². The Hall–Kier alpha value is -0.387. The number of allylic oxidation sites excluding steroid dienone is 8. The van der Waals surface area contributed by atoms with Crippen LogP contribution < -0.4 is 48.0 Å². The summed E-state index contributed by atoms with van der Waals surface area (Å²) in [5.74, 6) is 0.799. The summed E-state index contributed by atoms with van der Waals surface area (Å²) in [6, 6.07) is 22.5. The van der Waals surface area contributed by atoms with Gasteiger partial charge in [-0.1, -0.05) is 0 Å². The summed E-state index contributed by atoms with van der Waals surface area (Å²) in [5, 5.41) is 0. The molecule has 3 heteroatoms. The minimum absolute atomic E-state index is 0. The van der Waals surface area contributed by atoms with Gasteiger partial charge < -0.3 is 48.0 Å². The quantitative estimate of drug-likeness (QED) is 0.416. The van der Waals surface area contributed by atoms with Crippen LogP contribution in [0.25, 0.3) is 0 Å². The third-order valence-electron chi connectivity index (χ3n) is 6.38. The van der Waals surface area contributed by atoms with E-state index in [1.807, 2.05) is 0 Å². The molecule has 0 amide bonds. The molecule has 0 N–H and O–H groups in total. The van der Waals surface area contributed by atoms with Gasteiger partial charge in [-0.25, -0.2) is 0 Å². The first-order valence-electron chi connectivity index (χ1n) is 10.5. The molecule has 0 nitrogen and oxygen atoms in total. The third-order valence-corrected chi connectivity index (χ3v) is 15.0. The standard InChI is InChI=1S/C13H10.C9H11.C5H5.2HI.Zr/c1-3-7-12(8-4-1)11-13-9-5-2-6-10-13;1-2-5-9-7-3-6-8(9)4-1;1-2-4-5-3-1;;;/h1-10H;1-2,4,6,9H,3,5,7H2;1-3H,4H2;2*1H;/q;;;;;+2/p-2. The van der Waals surface area contributed by atoms with Gasteiger partial charge in [-0.15, -0.1) is 0 Å². The number of rotatable bonds is 4. The summed E-state index contributed by atoms with van der Waals surface area (Å²) in [6.07, 6.45) is 19.5. The summed E-state index contributed by atoms with van der Waals surface area (Å²) >= 11 is -2.15. The predicted molar refractivity (Wildman–Crippen MR) is 116 cm³/mol. The first-order valence-corrected chi connectivity index (χ1v) is 14.4. The zero-order chi connectivity index (χ0) is 18.8. The van der Waals surface area contributed by atoms with Crippen molar-refractivity contribution in [2.75, 3.05) is 0 Å². The fourth-order valence-corrected chi connectivity index (χ4v) is 14.5. The van der Waals surface area contributed by atoms with Gasteiger partial charge in [0.15, 0.2) is 0 Å². The topological polar surface area (TPSA) is 0 Å². The Bertz CT molecular complexity index is 972. The monoisotopic (exact) mass is 694 g/mol. The molecule has 3 aliphatic rings. The van der Waals surface area contributed by atoms with Gasteiger partial charge in [0.25, 0.3) is 0 Å². The molecule has 5 rings (SSSR count). The molecule has 1 fully saturated rings. The molecule has 2 atom stereocenters. The number of benzene rings is 2. The minimum atomic E-state index is -2.15. The van der Waals surface area contributed by atoms with Crippen LogP contribution in [0.1, 0.15) is 36.8 Å². The van der Waals surface area contributed by atoms with Gasteiger partial charge in [-0.3, -0.25) is 0 Å². The molecular weight excluding hydrogens is 669 g/mol. The van der Waals surface area contributed by atoms with E-state index in [4.69, 9.17) is 0 Å². The van der Waals surface area contributed by atoms with Crippen LogP contribution in [0.2, 0.25) is 3.63 Å². The molecule has 0 bridgehead atoms. The maximum absolute atomic E-state index is 2.48. The number of halogens is 2. The van der Waals surface area contributed by atoms with E-state index in [0.717, 1.165) is 9.54 Å². The van der Waals surface area contributed by atoms with E-state index in [9.17, 15) is 0 Å². The second-order valence-corrected chi connectivity index (χ2v) is 14.6. The van der Waals surface area contributed by atoms with Gasteiger partial charge in [0.2, 0.25) is 0 Å². The van der Waals surface area contributed by atoms with E-state index in [0.29, 0.717) is 0 Å². The molecular formula is C27H26I2Zr. The second kappa shape index (κ2) is 11.5. The van der Waals surface area contributed by atoms with Crippen molar-refractivity contribution in [3.8, 4) is 0 Å². The van der Waals surface area contributed by atoms with Crippen molar-refractivity contribution in [3.05, 3.63) is 117 Å². The van der Waals surface area contributed by atoms with Gasteiger partial charge in [-0.05, 0) is 0 Å². The average Bonchev–Trinajstić information content (AvgIpc) is 3.44. The second-order valence-electron chi connectivity index (χ2n) is 8.00. The maximum Gasteiger partial charge on any atom is -1.00 e. The minimum Gasteiger partial charge on any atom is -1.00 e. The largest absolute Gasteiger partial charge is 1.00 e.